The van der Waals surface area contributed by atoms with Crippen molar-refractivity contribution in [3.8, 4) is 11.3 Å². The van der Waals surface area contributed by atoms with Gasteiger partial charge in [-0.3, -0.25) is 4.79 Å². The van der Waals surface area contributed by atoms with Gasteiger partial charge in [0.15, 0.2) is 5.13 Å². The Hall–Kier alpha value is -3.65. The Morgan fingerprint density at radius 2 is 1.88 bits per heavy atom. The number of aryl methyl sites for hydroxylation is 1. The molecule has 0 saturated heterocycles. The largest absolute Gasteiger partial charge is 0.450 e. The molecule has 2 aromatic carbocycles. The summed E-state index contributed by atoms with van der Waals surface area (Å²) in [7, 11) is 0. The van der Waals surface area contributed by atoms with Gasteiger partial charge in [0.2, 0.25) is 5.91 Å². The average Bonchev–Trinajstić information content (AvgIpc) is 3.37. The molecule has 0 aliphatic rings. The Morgan fingerprint density at radius 3 is 2.66 bits per heavy atom. The molecule has 2 amide bonds. The van der Waals surface area contributed by atoms with Crippen LogP contribution in [0.3, 0.4) is 0 Å². The third kappa shape index (κ3) is 4.81. The maximum atomic E-state index is 13.1. The zero-order chi connectivity index (χ0) is 22.5. The number of nitrogens with one attached hydrogen (secondary N) is 3. The highest BCUT2D eigenvalue weighted by Gasteiger charge is 2.24. The van der Waals surface area contributed by atoms with Crippen molar-refractivity contribution in [1.82, 2.24) is 15.3 Å². The van der Waals surface area contributed by atoms with Gasteiger partial charge in [-0.1, -0.05) is 48.5 Å². The van der Waals surface area contributed by atoms with E-state index in [1.165, 1.54) is 11.3 Å². The SMILES string of the molecule is CCOC(=O)N[C@H](Cc1c[nH]c2ccccc12)C(=O)Nc1nc(-c2ccccc2)c(C)s1. The number of benzene rings is 2. The molecule has 0 radical (unpaired) electrons. The van der Waals surface area contributed by atoms with Gasteiger partial charge in [0.25, 0.3) is 0 Å². The van der Waals surface area contributed by atoms with Crippen molar-refractivity contribution in [2.75, 3.05) is 11.9 Å². The third-order valence-electron chi connectivity index (χ3n) is 5.06. The first-order valence-corrected chi connectivity index (χ1v) is 11.2. The van der Waals surface area contributed by atoms with Crippen LogP contribution < -0.4 is 10.6 Å². The highest BCUT2D eigenvalue weighted by molar-refractivity contribution is 7.16. The van der Waals surface area contributed by atoms with E-state index >= 15 is 0 Å². The zero-order valence-corrected chi connectivity index (χ0v) is 18.7. The summed E-state index contributed by atoms with van der Waals surface area (Å²) in [5.41, 5.74) is 3.72. The lowest BCUT2D eigenvalue weighted by molar-refractivity contribution is -0.118. The van der Waals surface area contributed by atoms with E-state index in [4.69, 9.17) is 4.74 Å². The summed E-state index contributed by atoms with van der Waals surface area (Å²) in [6.07, 6.45) is 1.54. The van der Waals surface area contributed by atoms with Gasteiger partial charge >= 0.3 is 6.09 Å². The summed E-state index contributed by atoms with van der Waals surface area (Å²) in [4.78, 5) is 34.1. The van der Waals surface area contributed by atoms with Gasteiger partial charge in [-0.15, -0.1) is 11.3 Å². The van der Waals surface area contributed by atoms with Gasteiger partial charge in [0.05, 0.1) is 12.3 Å². The second-order valence-electron chi connectivity index (χ2n) is 7.26. The summed E-state index contributed by atoms with van der Waals surface area (Å²) in [5, 5.41) is 7.05. The van der Waals surface area contributed by atoms with Gasteiger partial charge in [-0.2, -0.15) is 0 Å². The number of aromatic nitrogens is 2. The molecule has 0 aliphatic heterocycles. The molecule has 0 fully saturated rings. The molecule has 3 N–H and O–H groups in total. The standard InChI is InChI=1S/C24H24N4O3S/c1-3-31-24(30)26-20(13-17-14-25-19-12-8-7-11-18(17)19)22(29)28-23-27-21(15(2)32-23)16-9-5-4-6-10-16/h4-12,14,20,25H,3,13H2,1-2H3,(H,26,30)(H,27,28,29)/t20-/m1/s1. The van der Waals surface area contributed by atoms with Gasteiger partial charge in [-0.05, 0) is 25.5 Å². The second kappa shape index (κ2) is 9.65. The lowest BCUT2D eigenvalue weighted by Gasteiger charge is -2.17. The van der Waals surface area contributed by atoms with Gasteiger partial charge < -0.3 is 20.4 Å². The molecule has 4 aromatic rings. The molecule has 4 rings (SSSR count). The monoisotopic (exact) mass is 448 g/mol. The lowest BCUT2D eigenvalue weighted by atomic mass is 10.0. The quantitative estimate of drug-likeness (QED) is 0.375. The fraction of sp³-hybridized carbons (Fsp3) is 0.208. The molecule has 32 heavy (non-hydrogen) atoms. The Balaban J connectivity index is 1.55. The van der Waals surface area contributed by atoms with Crippen molar-refractivity contribution < 1.29 is 14.3 Å². The molecule has 8 heteroatoms. The normalized spacial score (nSPS) is 11.8. The van der Waals surface area contributed by atoms with Gasteiger partial charge in [0, 0.05) is 34.0 Å². The minimum atomic E-state index is -0.822. The summed E-state index contributed by atoms with van der Waals surface area (Å²) in [5.74, 6) is -0.350. The number of aromatic amines is 1. The van der Waals surface area contributed by atoms with Crippen LogP contribution >= 0.6 is 11.3 Å². The molecule has 0 unspecified atom stereocenters. The van der Waals surface area contributed by atoms with Crippen LogP contribution in [0.4, 0.5) is 9.93 Å². The number of carbonyl (C=O) groups excluding carboxylic acids is 2. The number of hydrogen-bond donors (Lipinski definition) is 3. The minimum absolute atomic E-state index is 0.222. The smallest absolute Gasteiger partial charge is 0.407 e. The maximum absolute atomic E-state index is 13.1. The maximum Gasteiger partial charge on any atom is 0.407 e. The summed E-state index contributed by atoms with van der Waals surface area (Å²) >= 11 is 1.40. The highest BCUT2D eigenvalue weighted by Crippen LogP contribution is 2.30. The summed E-state index contributed by atoms with van der Waals surface area (Å²) in [6.45, 7) is 3.91. The van der Waals surface area contributed by atoms with Crippen molar-refractivity contribution >= 4 is 39.4 Å². The van der Waals surface area contributed by atoms with Crippen LogP contribution in [0.5, 0.6) is 0 Å². The number of carbonyl (C=O) groups is 2. The summed E-state index contributed by atoms with van der Waals surface area (Å²) < 4.78 is 5.01. The molecule has 2 heterocycles. The van der Waals surface area contributed by atoms with Crippen LogP contribution in [0.2, 0.25) is 0 Å². The van der Waals surface area contributed by atoms with E-state index < -0.39 is 12.1 Å². The number of anilines is 1. The van der Waals surface area contributed by atoms with Crippen molar-refractivity contribution in [2.45, 2.75) is 26.3 Å². The second-order valence-corrected chi connectivity index (χ2v) is 8.46. The van der Waals surface area contributed by atoms with Crippen molar-refractivity contribution in [2.24, 2.45) is 0 Å². The van der Waals surface area contributed by atoms with Crippen LogP contribution in [0.1, 0.15) is 17.4 Å². The Morgan fingerprint density at radius 1 is 1.12 bits per heavy atom. The third-order valence-corrected chi connectivity index (χ3v) is 5.94. The van der Waals surface area contributed by atoms with Crippen molar-refractivity contribution in [1.29, 1.82) is 0 Å². The van der Waals surface area contributed by atoms with Gasteiger partial charge in [0.1, 0.15) is 6.04 Å². The number of amides is 2. The van der Waals surface area contributed by atoms with Crippen LogP contribution in [-0.2, 0) is 16.0 Å². The molecule has 0 bridgehead atoms. The zero-order valence-electron chi connectivity index (χ0n) is 17.8. The number of para-hydroxylation sites is 1. The fourth-order valence-electron chi connectivity index (χ4n) is 3.55. The summed E-state index contributed by atoms with van der Waals surface area (Å²) in [6, 6.07) is 16.8. The molecular formula is C24H24N4O3S. The molecule has 0 saturated carbocycles. The molecule has 0 aliphatic carbocycles. The number of rotatable bonds is 7. The Bertz CT molecular complexity index is 1230. The van der Waals surface area contributed by atoms with Crippen LogP contribution in [0.15, 0.2) is 60.8 Å². The molecule has 7 nitrogen and oxygen atoms in total. The topological polar surface area (TPSA) is 96.1 Å². The average molecular weight is 449 g/mol. The van der Waals surface area contributed by atoms with E-state index in [2.05, 4.69) is 20.6 Å². The van der Waals surface area contributed by atoms with Crippen LogP contribution in [0.25, 0.3) is 22.2 Å². The molecule has 1 atom stereocenters. The van der Waals surface area contributed by atoms with E-state index in [1.54, 1.807) is 6.92 Å². The van der Waals surface area contributed by atoms with Crippen molar-refractivity contribution in [3.63, 3.8) is 0 Å². The van der Waals surface area contributed by atoms with Crippen molar-refractivity contribution in [3.05, 3.63) is 71.2 Å². The number of fused-ring (bicyclic) bond motifs is 1. The first-order chi connectivity index (χ1) is 15.5. The fourth-order valence-corrected chi connectivity index (χ4v) is 4.39. The molecule has 0 spiro atoms. The minimum Gasteiger partial charge on any atom is -0.450 e. The predicted molar refractivity (Wildman–Crippen MR) is 127 cm³/mol. The van der Waals surface area contributed by atoms with E-state index in [0.717, 1.165) is 32.6 Å². The lowest BCUT2D eigenvalue weighted by Crippen LogP contribution is -2.45. The van der Waals surface area contributed by atoms with Crippen LogP contribution in [0, 0.1) is 6.92 Å². The molecule has 2 aromatic heterocycles. The van der Waals surface area contributed by atoms with E-state index in [9.17, 15) is 9.59 Å². The van der Waals surface area contributed by atoms with E-state index in [0.29, 0.717) is 11.6 Å². The van der Waals surface area contributed by atoms with Gasteiger partial charge in [-0.25, -0.2) is 9.78 Å². The number of H-pyrrole nitrogens is 1. The number of nitrogens with zero attached hydrogens (tertiary/aromatic N) is 1. The highest BCUT2D eigenvalue weighted by atomic mass is 32.1. The molecule has 164 valence electrons. The number of thiazole rings is 1. The first kappa shape index (κ1) is 21.6. The number of alkyl carbamates (subject to hydrolysis) is 1. The number of ether oxygens (including phenoxy) is 1. The Labute approximate surface area is 189 Å². The van der Waals surface area contributed by atoms with E-state index in [1.807, 2.05) is 67.7 Å². The number of hydrogen-bond acceptors (Lipinski definition) is 5. The predicted octanol–water partition coefficient (Wildman–Crippen LogP) is 4.90. The van der Waals surface area contributed by atoms with E-state index in [-0.39, 0.29) is 12.5 Å². The Kier molecular flexibility index (Phi) is 6.51. The van der Waals surface area contributed by atoms with Crippen LogP contribution in [-0.4, -0.2) is 34.6 Å². The molecular weight excluding hydrogens is 424 g/mol. The first-order valence-electron chi connectivity index (χ1n) is 10.4.